The lowest BCUT2D eigenvalue weighted by molar-refractivity contribution is -0.576. The first-order valence-corrected chi connectivity index (χ1v) is 12.5. The van der Waals surface area contributed by atoms with Gasteiger partial charge in [-0.25, -0.2) is 9.58 Å². The second-order valence-corrected chi connectivity index (χ2v) is 9.49. The lowest BCUT2D eigenvalue weighted by Gasteiger charge is -2.16. The number of anilines is 1. The quantitative estimate of drug-likeness (QED) is 0.265. The molecule has 7 nitrogen and oxygen atoms in total. The van der Waals surface area contributed by atoms with Crippen LogP contribution >= 0.6 is 23.2 Å². The lowest BCUT2D eigenvalue weighted by atomic mass is 10.0. The Morgan fingerprint density at radius 1 is 0.919 bits per heavy atom. The monoisotopic (exact) mass is 532 g/mol. The Morgan fingerprint density at radius 2 is 1.68 bits per heavy atom. The van der Waals surface area contributed by atoms with Crippen molar-refractivity contribution in [1.82, 2.24) is 9.78 Å². The van der Waals surface area contributed by atoms with Gasteiger partial charge in [-0.15, -0.1) is 0 Å². The third-order valence-corrected chi connectivity index (χ3v) is 6.83. The molecule has 0 aliphatic carbocycles. The number of nitrogens with zero attached hydrogens (tertiary/aromatic N) is 4. The maximum absolute atomic E-state index is 14.0. The fraction of sp³-hybridized carbons (Fsp3) is 0.143. The molecule has 0 spiro atoms. The van der Waals surface area contributed by atoms with Crippen LogP contribution in [0.2, 0.25) is 10.0 Å². The average molecular weight is 533 g/mol. The number of aryl methyl sites for hydroxylation is 2. The van der Waals surface area contributed by atoms with Crippen molar-refractivity contribution in [1.29, 1.82) is 0 Å². The second-order valence-electron chi connectivity index (χ2n) is 8.68. The molecule has 4 aromatic rings. The van der Waals surface area contributed by atoms with Gasteiger partial charge in [-0.2, -0.15) is 9.67 Å². The first-order chi connectivity index (χ1) is 17.8. The van der Waals surface area contributed by atoms with Crippen LogP contribution in [0.15, 0.2) is 73.1 Å². The van der Waals surface area contributed by atoms with E-state index in [-0.39, 0.29) is 21.9 Å². The summed E-state index contributed by atoms with van der Waals surface area (Å²) in [5, 5.41) is 19.0. The average Bonchev–Trinajstić information content (AvgIpc) is 3.33. The highest BCUT2D eigenvalue weighted by atomic mass is 35.5. The fourth-order valence-corrected chi connectivity index (χ4v) is 4.72. The number of rotatable bonds is 6. The van der Waals surface area contributed by atoms with E-state index in [2.05, 4.69) is 5.10 Å². The van der Waals surface area contributed by atoms with Crippen LogP contribution in [-0.4, -0.2) is 21.6 Å². The van der Waals surface area contributed by atoms with Crippen molar-refractivity contribution in [2.75, 3.05) is 4.90 Å². The van der Waals surface area contributed by atoms with Gasteiger partial charge in [0.15, 0.2) is 12.4 Å². The summed E-state index contributed by atoms with van der Waals surface area (Å²) in [4.78, 5) is 28.9. The molecule has 1 aliphatic heterocycles. The fourth-order valence-electron chi connectivity index (χ4n) is 4.43. The molecular weight excluding hydrogens is 511 g/mol. The van der Waals surface area contributed by atoms with E-state index in [0.29, 0.717) is 34.9 Å². The highest BCUT2D eigenvalue weighted by Crippen LogP contribution is 2.39. The summed E-state index contributed by atoms with van der Waals surface area (Å²) in [6, 6.07) is 17.2. The third kappa shape index (κ3) is 4.30. The van der Waals surface area contributed by atoms with Gasteiger partial charge < -0.3 is 5.11 Å². The predicted octanol–water partition coefficient (Wildman–Crippen LogP) is 4.74. The number of aromatic nitrogens is 3. The summed E-state index contributed by atoms with van der Waals surface area (Å²) in [6.45, 7) is 3.83. The minimum Gasteiger partial charge on any atom is -0.858 e. The molecule has 0 unspecified atom stereocenters. The standard InChI is InChI=1S/C28H22Cl2N4O3/c1-3-8-22-23(27(36)34(31-22)19-11-12-20(29)21(30)16-19)24-25(32-13-5-4-6-14-32)28(37)33(26(24)35)18-10-7-9-17(2)15-18/h4-7,9-16H,3,8H2,1-2H3. The van der Waals surface area contributed by atoms with Crippen LogP contribution in [0.4, 0.5) is 5.69 Å². The summed E-state index contributed by atoms with van der Waals surface area (Å²) in [5.41, 5.74) is 2.37. The van der Waals surface area contributed by atoms with Crippen LogP contribution in [0, 0.1) is 6.92 Å². The molecule has 0 N–H and O–H groups in total. The molecule has 2 aromatic heterocycles. The Bertz CT molecular complexity index is 1580. The highest BCUT2D eigenvalue weighted by Gasteiger charge is 2.47. The Balaban J connectivity index is 1.77. The molecule has 1 aliphatic rings. The van der Waals surface area contributed by atoms with E-state index < -0.39 is 17.7 Å². The lowest BCUT2D eigenvalue weighted by Crippen LogP contribution is -2.39. The summed E-state index contributed by atoms with van der Waals surface area (Å²) >= 11 is 12.3. The normalized spacial score (nSPS) is 13.7. The number of hydrogen-bond donors (Lipinski definition) is 0. The number of amides is 2. The van der Waals surface area contributed by atoms with Crippen molar-refractivity contribution >= 4 is 52.0 Å². The van der Waals surface area contributed by atoms with E-state index in [4.69, 9.17) is 23.2 Å². The van der Waals surface area contributed by atoms with E-state index in [1.807, 2.05) is 19.9 Å². The second kappa shape index (κ2) is 9.84. The van der Waals surface area contributed by atoms with Gasteiger partial charge in [0, 0.05) is 17.7 Å². The van der Waals surface area contributed by atoms with Crippen molar-refractivity contribution in [2.45, 2.75) is 26.7 Å². The number of pyridine rings is 1. The zero-order chi connectivity index (χ0) is 26.3. The summed E-state index contributed by atoms with van der Waals surface area (Å²) in [7, 11) is 0. The maximum atomic E-state index is 14.0. The van der Waals surface area contributed by atoms with Crippen LogP contribution < -0.4 is 14.6 Å². The smallest absolute Gasteiger partial charge is 0.331 e. The first-order valence-electron chi connectivity index (χ1n) is 11.7. The molecule has 37 heavy (non-hydrogen) atoms. The Hall–Kier alpha value is -3.94. The molecule has 2 amide bonds. The third-order valence-electron chi connectivity index (χ3n) is 6.09. The molecule has 0 fully saturated rings. The van der Waals surface area contributed by atoms with E-state index in [1.54, 1.807) is 71.6 Å². The number of benzene rings is 2. The summed E-state index contributed by atoms with van der Waals surface area (Å²) in [6.07, 6.45) is 4.46. The molecule has 9 heteroatoms. The van der Waals surface area contributed by atoms with Gasteiger partial charge >= 0.3 is 5.91 Å². The number of carbonyl (C=O) groups excluding carboxylic acids is 2. The van der Waals surface area contributed by atoms with Crippen LogP contribution in [-0.2, 0) is 16.0 Å². The van der Waals surface area contributed by atoms with Gasteiger partial charge in [0.1, 0.15) is 5.57 Å². The van der Waals surface area contributed by atoms with E-state index in [1.165, 1.54) is 4.68 Å². The molecule has 3 heterocycles. The van der Waals surface area contributed by atoms with Crippen molar-refractivity contribution in [3.05, 3.63) is 99.9 Å². The van der Waals surface area contributed by atoms with Gasteiger partial charge in [-0.3, -0.25) is 9.59 Å². The number of imide groups is 1. The van der Waals surface area contributed by atoms with E-state index in [9.17, 15) is 14.7 Å². The van der Waals surface area contributed by atoms with Gasteiger partial charge in [-0.05, 0) is 55.1 Å². The molecular formula is C28H22Cl2N4O3. The molecule has 0 bridgehead atoms. The number of halogens is 2. The van der Waals surface area contributed by atoms with Crippen LogP contribution in [0.3, 0.4) is 0 Å². The van der Waals surface area contributed by atoms with Gasteiger partial charge in [0.25, 0.3) is 11.6 Å². The zero-order valence-corrected chi connectivity index (χ0v) is 21.6. The predicted molar refractivity (Wildman–Crippen MR) is 140 cm³/mol. The molecule has 186 valence electrons. The van der Waals surface area contributed by atoms with E-state index >= 15 is 0 Å². The SMILES string of the molecule is CCCc1nn(-c2ccc(Cl)c(Cl)c2)c([O-])c1C1=C([n+]2ccccc2)C(=O)N(c2cccc(C)c2)C1=O. The molecule has 0 radical (unpaired) electrons. The van der Waals surface area contributed by atoms with Crippen LogP contribution in [0.1, 0.15) is 30.2 Å². The largest absolute Gasteiger partial charge is 0.858 e. The minimum atomic E-state index is -0.579. The van der Waals surface area contributed by atoms with Crippen molar-refractivity contribution in [2.24, 2.45) is 0 Å². The van der Waals surface area contributed by atoms with Crippen molar-refractivity contribution in [3.63, 3.8) is 0 Å². The number of carbonyl (C=O) groups is 2. The summed E-state index contributed by atoms with van der Waals surface area (Å²) < 4.78 is 2.77. The molecule has 0 atom stereocenters. The topological polar surface area (TPSA) is 82.1 Å². The number of hydrogen-bond acceptors (Lipinski definition) is 4. The first kappa shape index (κ1) is 24.7. The van der Waals surface area contributed by atoms with Gasteiger partial charge in [0.2, 0.25) is 0 Å². The Labute approximate surface area is 223 Å². The Morgan fingerprint density at radius 3 is 2.35 bits per heavy atom. The van der Waals surface area contributed by atoms with Gasteiger partial charge in [-0.1, -0.05) is 54.7 Å². The molecule has 0 saturated heterocycles. The molecule has 2 aromatic carbocycles. The highest BCUT2D eigenvalue weighted by molar-refractivity contribution is 6.53. The zero-order valence-electron chi connectivity index (χ0n) is 20.1. The van der Waals surface area contributed by atoms with Gasteiger partial charge in [0.05, 0.1) is 27.1 Å². The Kier molecular flexibility index (Phi) is 6.58. The van der Waals surface area contributed by atoms with Crippen molar-refractivity contribution < 1.29 is 19.3 Å². The van der Waals surface area contributed by atoms with Crippen LogP contribution in [0.25, 0.3) is 17.0 Å². The minimum absolute atomic E-state index is 0.0162. The van der Waals surface area contributed by atoms with Crippen LogP contribution in [0.5, 0.6) is 5.88 Å². The van der Waals surface area contributed by atoms with E-state index in [0.717, 1.165) is 10.5 Å². The summed E-state index contributed by atoms with van der Waals surface area (Å²) in [5.74, 6) is -1.62. The van der Waals surface area contributed by atoms with Crippen molar-refractivity contribution in [3.8, 4) is 11.6 Å². The maximum Gasteiger partial charge on any atom is 0.331 e. The molecule has 0 saturated carbocycles. The molecule has 5 rings (SSSR count).